The van der Waals surface area contributed by atoms with Gasteiger partial charge in [-0.05, 0) is 50.5 Å². The number of piperidine rings is 1. The second kappa shape index (κ2) is 11.5. The van der Waals surface area contributed by atoms with Crippen LogP contribution in [-0.4, -0.2) is 45.9 Å². The number of aromatic nitrogens is 2. The van der Waals surface area contributed by atoms with Gasteiger partial charge in [0.05, 0.1) is 26.8 Å². The Labute approximate surface area is 242 Å². The van der Waals surface area contributed by atoms with Gasteiger partial charge in [0.25, 0.3) is 0 Å². The second-order valence-corrected chi connectivity index (χ2v) is 12.1. The number of ether oxygens (including phenoxy) is 1. The van der Waals surface area contributed by atoms with Crippen LogP contribution >= 0.6 is 22.9 Å². The number of hydrogen-bond donors (Lipinski definition) is 1. The largest absolute Gasteiger partial charge is 0.414 e. The average Bonchev–Trinajstić information content (AvgIpc) is 3.68. The van der Waals surface area contributed by atoms with Crippen LogP contribution in [0.3, 0.4) is 0 Å². The molecule has 5 aromatic rings. The van der Waals surface area contributed by atoms with Crippen molar-refractivity contribution in [3.8, 4) is 27.6 Å². The summed E-state index contributed by atoms with van der Waals surface area (Å²) in [6, 6.07) is 24.4. The summed E-state index contributed by atoms with van der Waals surface area (Å²) in [6.07, 6.45) is 1.35. The van der Waals surface area contributed by atoms with Crippen molar-refractivity contribution >= 4 is 39.9 Å². The molecule has 0 bridgehead atoms. The van der Waals surface area contributed by atoms with Gasteiger partial charge in [0.2, 0.25) is 5.88 Å². The van der Waals surface area contributed by atoms with Gasteiger partial charge < -0.3 is 24.0 Å². The third-order valence-corrected chi connectivity index (χ3v) is 8.70. The zero-order valence-corrected chi connectivity index (χ0v) is 24.0. The van der Waals surface area contributed by atoms with E-state index in [0.717, 1.165) is 52.8 Å². The smallest absolute Gasteiger partial charge is 0.392 e. The van der Waals surface area contributed by atoms with Crippen LogP contribution in [0.4, 0.5) is 4.79 Å². The van der Waals surface area contributed by atoms with Gasteiger partial charge in [-0.1, -0.05) is 65.3 Å². The van der Waals surface area contributed by atoms with Crippen LogP contribution in [0.5, 0.6) is 5.88 Å². The Morgan fingerprint density at radius 2 is 1.85 bits per heavy atom. The van der Waals surface area contributed by atoms with Gasteiger partial charge in [0, 0.05) is 36.6 Å². The van der Waals surface area contributed by atoms with Crippen molar-refractivity contribution in [2.24, 2.45) is 0 Å². The molecule has 206 valence electrons. The minimum atomic E-state index is -0.446. The van der Waals surface area contributed by atoms with Gasteiger partial charge in [-0.15, -0.1) is 11.3 Å². The summed E-state index contributed by atoms with van der Waals surface area (Å²) < 4.78 is 14.5. The maximum absolute atomic E-state index is 13.3. The minimum absolute atomic E-state index is 0.0798. The number of nitrogens with zero attached hydrogens (tertiary/aromatic N) is 3. The van der Waals surface area contributed by atoms with Crippen LogP contribution in [-0.2, 0) is 6.54 Å². The molecule has 1 N–H and O–H groups in total. The predicted molar refractivity (Wildman–Crippen MR) is 160 cm³/mol. The molecule has 0 unspecified atom stereocenters. The van der Waals surface area contributed by atoms with E-state index in [1.54, 1.807) is 0 Å². The SMILES string of the molecule is CC(C)N1CCC(NC(=O)Oc2c(-c3ccccc3)c3ccccc3n2Cc2cc(-c3ccc(Cl)s3)on2)CC1. The van der Waals surface area contributed by atoms with Gasteiger partial charge in [0.1, 0.15) is 5.69 Å². The van der Waals surface area contributed by atoms with Gasteiger partial charge in [-0.2, -0.15) is 0 Å². The number of rotatable bonds is 7. The molecule has 1 aliphatic heterocycles. The molecule has 0 aliphatic carbocycles. The number of fused-ring (bicyclic) bond motifs is 1. The van der Waals surface area contributed by atoms with Crippen LogP contribution in [0.15, 0.2) is 77.3 Å². The van der Waals surface area contributed by atoms with E-state index in [1.165, 1.54) is 11.3 Å². The highest BCUT2D eigenvalue weighted by molar-refractivity contribution is 7.19. The predicted octanol–water partition coefficient (Wildman–Crippen LogP) is 7.69. The summed E-state index contributed by atoms with van der Waals surface area (Å²) in [7, 11) is 0. The Hall–Kier alpha value is -3.59. The monoisotopic (exact) mass is 574 g/mol. The van der Waals surface area contributed by atoms with Gasteiger partial charge >= 0.3 is 6.09 Å². The van der Waals surface area contributed by atoms with E-state index in [-0.39, 0.29) is 6.04 Å². The highest BCUT2D eigenvalue weighted by Crippen LogP contribution is 2.41. The number of amides is 1. The summed E-state index contributed by atoms with van der Waals surface area (Å²) in [5, 5.41) is 8.45. The molecule has 0 spiro atoms. The number of carbonyl (C=O) groups excluding carboxylic acids is 1. The molecule has 40 heavy (non-hydrogen) atoms. The number of carbonyl (C=O) groups is 1. The molecule has 0 radical (unpaired) electrons. The number of nitrogens with one attached hydrogen (secondary N) is 1. The normalized spacial score (nSPS) is 14.7. The van der Waals surface area contributed by atoms with Crippen LogP contribution in [0.1, 0.15) is 32.4 Å². The van der Waals surface area contributed by atoms with E-state index in [1.807, 2.05) is 71.3 Å². The molecule has 0 saturated carbocycles. The summed E-state index contributed by atoms with van der Waals surface area (Å²) in [6.45, 7) is 6.70. The Bertz CT molecular complexity index is 1620. The number of likely N-dealkylation sites (tertiary alicyclic amines) is 1. The third kappa shape index (κ3) is 5.52. The van der Waals surface area contributed by atoms with Crippen LogP contribution < -0.4 is 10.1 Å². The van der Waals surface area contributed by atoms with Crippen LogP contribution in [0.2, 0.25) is 4.34 Å². The van der Waals surface area contributed by atoms with E-state index < -0.39 is 6.09 Å². The molecule has 3 aromatic heterocycles. The van der Waals surface area contributed by atoms with E-state index in [0.29, 0.717) is 34.3 Å². The Balaban J connectivity index is 1.34. The molecular formula is C31H31ClN4O3S. The molecule has 2 aromatic carbocycles. The fourth-order valence-electron chi connectivity index (χ4n) is 5.38. The maximum Gasteiger partial charge on any atom is 0.414 e. The minimum Gasteiger partial charge on any atom is -0.392 e. The van der Waals surface area contributed by atoms with E-state index in [4.69, 9.17) is 20.9 Å². The zero-order chi connectivity index (χ0) is 27.6. The lowest BCUT2D eigenvalue weighted by atomic mass is 10.0. The standard InChI is InChI=1S/C31H31ClN4O3S/c1-20(2)35-16-14-22(15-17-35)33-31(37)38-30-29(21-8-4-3-5-9-21)24-10-6-7-11-25(24)36(30)19-23-18-26(39-34-23)27-12-13-28(32)40-27/h3-13,18,20,22H,14-17,19H2,1-2H3,(H,33,37). The molecule has 4 heterocycles. The first kappa shape index (κ1) is 26.6. The van der Waals surface area contributed by atoms with E-state index in [9.17, 15) is 4.79 Å². The summed E-state index contributed by atoms with van der Waals surface area (Å²) in [4.78, 5) is 16.7. The lowest BCUT2D eigenvalue weighted by Crippen LogP contribution is -2.47. The van der Waals surface area contributed by atoms with Crippen molar-refractivity contribution in [2.45, 2.75) is 45.3 Å². The first-order chi connectivity index (χ1) is 19.5. The number of thiophene rings is 1. The Kier molecular flexibility index (Phi) is 7.65. The average molecular weight is 575 g/mol. The number of halogens is 1. The summed E-state index contributed by atoms with van der Waals surface area (Å²) >= 11 is 7.57. The number of hydrogen-bond acceptors (Lipinski definition) is 6. The van der Waals surface area contributed by atoms with E-state index in [2.05, 4.69) is 35.3 Å². The first-order valence-electron chi connectivity index (χ1n) is 13.6. The van der Waals surface area contributed by atoms with Gasteiger partial charge in [-0.25, -0.2) is 4.79 Å². The fourth-order valence-corrected chi connectivity index (χ4v) is 6.37. The maximum atomic E-state index is 13.3. The molecule has 1 saturated heterocycles. The van der Waals surface area contributed by atoms with E-state index >= 15 is 0 Å². The summed E-state index contributed by atoms with van der Waals surface area (Å²) in [5.41, 5.74) is 3.50. The fraction of sp³-hybridized carbons (Fsp3) is 0.290. The van der Waals surface area contributed by atoms with Crippen molar-refractivity contribution in [1.82, 2.24) is 19.9 Å². The number of benzene rings is 2. The summed E-state index contributed by atoms with van der Waals surface area (Å²) in [5.74, 6) is 1.13. The van der Waals surface area contributed by atoms with Crippen molar-refractivity contribution in [2.75, 3.05) is 13.1 Å². The Morgan fingerprint density at radius 1 is 1.10 bits per heavy atom. The highest BCUT2D eigenvalue weighted by atomic mass is 35.5. The number of para-hydroxylation sites is 1. The van der Waals surface area contributed by atoms with Crippen molar-refractivity contribution < 1.29 is 14.1 Å². The first-order valence-corrected chi connectivity index (χ1v) is 14.8. The third-order valence-electron chi connectivity index (χ3n) is 7.45. The highest BCUT2D eigenvalue weighted by Gasteiger charge is 2.26. The zero-order valence-electron chi connectivity index (χ0n) is 22.5. The Morgan fingerprint density at radius 3 is 2.58 bits per heavy atom. The molecule has 1 amide bonds. The van der Waals surface area contributed by atoms with Crippen molar-refractivity contribution in [1.29, 1.82) is 0 Å². The van der Waals surface area contributed by atoms with Crippen LogP contribution in [0.25, 0.3) is 32.7 Å². The van der Waals surface area contributed by atoms with Crippen molar-refractivity contribution in [3.05, 3.63) is 82.8 Å². The molecule has 1 fully saturated rings. The second-order valence-electron chi connectivity index (χ2n) is 10.4. The molecule has 1 aliphatic rings. The van der Waals surface area contributed by atoms with Crippen LogP contribution in [0, 0.1) is 0 Å². The quantitative estimate of drug-likeness (QED) is 0.216. The lowest BCUT2D eigenvalue weighted by molar-refractivity contribution is 0.151. The molecule has 9 heteroatoms. The van der Waals surface area contributed by atoms with Crippen molar-refractivity contribution in [3.63, 3.8) is 0 Å². The molecule has 0 atom stereocenters. The van der Waals surface area contributed by atoms with Gasteiger partial charge in [0.15, 0.2) is 5.76 Å². The lowest BCUT2D eigenvalue weighted by Gasteiger charge is -2.34. The van der Waals surface area contributed by atoms with Gasteiger partial charge in [-0.3, -0.25) is 0 Å². The molecule has 6 rings (SSSR count). The molecule has 7 nitrogen and oxygen atoms in total. The topological polar surface area (TPSA) is 72.5 Å². The molecular weight excluding hydrogens is 544 g/mol.